The van der Waals surface area contributed by atoms with Crippen LogP contribution in [0.4, 0.5) is 8.78 Å². The third-order valence-electron chi connectivity index (χ3n) is 3.94. The highest BCUT2D eigenvalue weighted by Gasteiger charge is 2.26. The molecule has 2 aromatic rings. The standard InChI is InChI=1S/C22H22F2Si2/c1-25(2,3)9-7-15-11-17-19(13-21(15)23)18-12-16(8-10-26(4,5)6)22(24)14-20(17)18/h11-14H,1-6H3. The van der Waals surface area contributed by atoms with Crippen LogP contribution in [-0.2, 0) is 0 Å². The summed E-state index contributed by atoms with van der Waals surface area (Å²) >= 11 is 0. The second-order valence-electron chi connectivity index (χ2n) is 8.76. The number of hydrogen-bond donors (Lipinski definition) is 0. The van der Waals surface area contributed by atoms with Gasteiger partial charge in [0.2, 0.25) is 0 Å². The molecule has 0 atom stereocenters. The molecular weight excluding hydrogens is 358 g/mol. The fraction of sp³-hybridized carbons (Fsp3) is 0.273. The Morgan fingerprint density at radius 3 is 1.19 bits per heavy atom. The van der Waals surface area contributed by atoms with Crippen LogP contribution in [0, 0.1) is 34.6 Å². The zero-order valence-corrected chi connectivity index (χ0v) is 18.1. The molecule has 0 N–H and O–H groups in total. The van der Waals surface area contributed by atoms with E-state index in [0.29, 0.717) is 11.1 Å². The zero-order chi connectivity index (χ0) is 19.3. The third kappa shape index (κ3) is 3.82. The average molecular weight is 381 g/mol. The van der Waals surface area contributed by atoms with Gasteiger partial charge in [0.1, 0.15) is 27.8 Å². The lowest BCUT2D eigenvalue weighted by molar-refractivity contribution is 0.623. The van der Waals surface area contributed by atoms with Gasteiger partial charge in [-0.3, -0.25) is 0 Å². The van der Waals surface area contributed by atoms with Crippen molar-refractivity contribution in [1.29, 1.82) is 0 Å². The van der Waals surface area contributed by atoms with Crippen LogP contribution < -0.4 is 0 Å². The fourth-order valence-corrected chi connectivity index (χ4v) is 3.70. The largest absolute Gasteiger partial charge is 0.206 e. The maximum absolute atomic E-state index is 14.4. The van der Waals surface area contributed by atoms with E-state index in [9.17, 15) is 8.78 Å². The molecule has 26 heavy (non-hydrogen) atoms. The van der Waals surface area contributed by atoms with Crippen molar-refractivity contribution in [1.82, 2.24) is 0 Å². The molecule has 0 radical (unpaired) electrons. The molecule has 0 nitrogen and oxygen atoms in total. The van der Waals surface area contributed by atoms with Crippen LogP contribution in [0.5, 0.6) is 0 Å². The molecule has 0 unspecified atom stereocenters. The van der Waals surface area contributed by atoms with Crippen molar-refractivity contribution in [2.45, 2.75) is 39.3 Å². The van der Waals surface area contributed by atoms with Crippen molar-refractivity contribution in [3.63, 3.8) is 0 Å². The van der Waals surface area contributed by atoms with Crippen LogP contribution in [0.2, 0.25) is 39.3 Å². The highest BCUT2D eigenvalue weighted by atomic mass is 28.3. The van der Waals surface area contributed by atoms with Crippen LogP contribution in [-0.4, -0.2) is 16.1 Å². The maximum atomic E-state index is 14.4. The predicted molar refractivity (Wildman–Crippen MR) is 111 cm³/mol. The second-order valence-corrected chi connectivity index (χ2v) is 18.3. The van der Waals surface area contributed by atoms with E-state index in [4.69, 9.17) is 0 Å². The van der Waals surface area contributed by atoms with Crippen molar-refractivity contribution in [2.24, 2.45) is 0 Å². The van der Waals surface area contributed by atoms with Gasteiger partial charge in [-0.25, -0.2) is 8.78 Å². The smallest absolute Gasteiger partial charge is 0.139 e. The lowest BCUT2D eigenvalue weighted by Crippen LogP contribution is -2.16. The molecule has 0 heterocycles. The first-order chi connectivity index (χ1) is 11.9. The van der Waals surface area contributed by atoms with Gasteiger partial charge < -0.3 is 0 Å². The SMILES string of the molecule is C[Si](C)(C)C#Cc1cc2c(cc1F)-c1cc(C#C[Si](C)(C)C)c(F)cc1-2. The van der Waals surface area contributed by atoms with E-state index in [1.165, 1.54) is 12.1 Å². The number of halogens is 2. The highest BCUT2D eigenvalue weighted by molar-refractivity contribution is 6.84. The average Bonchev–Trinajstić information content (AvgIpc) is 2.50. The fourth-order valence-electron chi connectivity index (χ4n) is 2.68. The summed E-state index contributed by atoms with van der Waals surface area (Å²) in [5.41, 5.74) is 10.5. The molecule has 0 aromatic heterocycles. The van der Waals surface area contributed by atoms with Crippen LogP contribution in [0.3, 0.4) is 0 Å². The van der Waals surface area contributed by atoms with E-state index in [1.54, 1.807) is 12.1 Å². The summed E-state index contributed by atoms with van der Waals surface area (Å²) in [4.78, 5) is 0. The summed E-state index contributed by atoms with van der Waals surface area (Å²) in [6, 6.07) is 6.51. The minimum absolute atomic E-state index is 0.320. The topological polar surface area (TPSA) is 0 Å². The van der Waals surface area contributed by atoms with Crippen molar-refractivity contribution in [2.75, 3.05) is 0 Å². The predicted octanol–water partition coefficient (Wildman–Crippen LogP) is 6.07. The summed E-state index contributed by atoms with van der Waals surface area (Å²) in [7, 11) is -3.18. The molecule has 1 aliphatic rings. The Morgan fingerprint density at radius 1 is 0.577 bits per heavy atom. The number of hydrogen-bond acceptors (Lipinski definition) is 0. The van der Waals surface area contributed by atoms with Crippen LogP contribution >= 0.6 is 0 Å². The molecule has 1 aliphatic carbocycles. The van der Waals surface area contributed by atoms with E-state index >= 15 is 0 Å². The number of benzene rings is 2. The molecule has 0 aliphatic heterocycles. The quantitative estimate of drug-likeness (QED) is 0.328. The molecule has 132 valence electrons. The van der Waals surface area contributed by atoms with E-state index in [0.717, 1.165) is 22.3 Å². The third-order valence-corrected chi connectivity index (χ3v) is 5.69. The molecule has 2 aromatic carbocycles. The van der Waals surface area contributed by atoms with E-state index < -0.39 is 16.1 Å². The Labute approximate surface area is 156 Å². The summed E-state index contributed by atoms with van der Waals surface area (Å²) in [6.07, 6.45) is 0. The lowest BCUT2D eigenvalue weighted by Gasteiger charge is -2.25. The van der Waals surface area contributed by atoms with Gasteiger partial charge in [-0.05, 0) is 46.5 Å². The van der Waals surface area contributed by atoms with Crippen molar-refractivity contribution in [3.05, 3.63) is 47.0 Å². The molecule has 3 rings (SSSR count). The van der Waals surface area contributed by atoms with E-state index in [2.05, 4.69) is 62.2 Å². The van der Waals surface area contributed by atoms with E-state index in [-0.39, 0.29) is 11.6 Å². The highest BCUT2D eigenvalue weighted by Crippen LogP contribution is 2.48. The molecule has 0 saturated carbocycles. The van der Waals surface area contributed by atoms with Gasteiger partial charge >= 0.3 is 0 Å². The van der Waals surface area contributed by atoms with Gasteiger partial charge in [-0.2, -0.15) is 0 Å². The Kier molecular flexibility index (Phi) is 4.47. The van der Waals surface area contributed by atoms with Crippen LogP contribution in [0.1, 0.15) is 11.1 Å². The molecule has 0 bridgehead atoms. The lowest BCUT2D eigenvalue weighted by atomic mass is 9.79. The molecular formula is C22H22F2Si2. The van der Waals surface area contributed by atoms with Gasteiger partial charge in [0.05, 0.1) is 11.1 Å². The summed E-state index contributed by atoms with van der Waals surface area (Å²) in [5, 5.41) is 0. The van der Waals surface area contributed by atoms with Crippen molar-refractivity contribution >= 4 is 16.1 Å². The first kappa shape index (κ1) is 18.6. The minimum Gasteiger partial charge on any atom is -0.206 e. The van der Waals surface area contributed by atoms with Crippen LogP contribution in [0.15, 0.2) is 24.3 Å². The first-order valence-electron chi connectivity index (χ1n) is 8.69. The van der Waals surface area contributed by atoms with Crippen molar-refractivity contribution < 1.29 is 8.78 Å². The first-order valence-corrected chi connectivity index (χ1v) is 15.7. The summed E-state index contributed by atoms with van der Waals surface area (Å²) in [6.45, 7) is 12.7. The van der Waals surface area contributed by atoms with Gasteiger partial charge in [0.25, 0.3) is 0 Å². The molecule has 0 saturated heterocycles. The second kappa shape index (κ2) is 6.23. The Hall–Kier alpha value is -2.15. The van der Waals surface area contributed by atoms with Gasteiger partial charge in [-0.15, -0.1) is 11.1 Å². The number of fused-ring (bicyclic) bond motifs is 4. The molecule has 0 amide bonds. The maximum Gasteiger partial charge on any atom is 0.139 e. The van der Waals surface area contributed by atoms with Crippen LogP contribution in [0.25, 0.3) is 22.3 Å². The Balaban J connectivity index is 2.03. The summed E-state index contributed by atoms with van der Waals surface area (Å²) in [5.74, 6) is 5.31. The van der Waals surface area contributed by atoms with Crippen molar-refractivity contribution in [3.8, 4) is 45.2 Å². The van der Waals surface area contributed by atoms with Gasteiger partial charge in [0, 0.05) is 0 Å². The summed E-state index contributed by atoms with van der Waals surface area (Å²) < 4.78 is 28.9. The van der Waals surface area contributed by atoms with E-state index in [1.807, 2.05) is 0 Å². The Morgan fingerprint density at radius 2 is 0.885 bits per heavy atom. The molecule has 0 spiro atoms. The molecule has 0 fully saturated rings. The Bertz CT molecular complexity index is 931. The van der Waals surface area contributed by atoms with Gasteiger partial charge in [-0.1, -0.05) is 51.1 Å². The minimum atomic E-state index is -1.59. The zero-order valence-electron chi connectivity index (χ0n) is 16.1. The van der Waals surface area contributed by atoms with Gasteiger partial charge in [0.15, 0.2) is 0 Å². The monoisotopic (exact) mass is 380 g/mol. The normalized spacial score (nSPS) is 12.0. The number of rotatable bonds is 0. The molecule has 4 heteroatoms.